The Labute approximate surface area is 175 Å². The van der Waals surface area contributed by atoms with Crippen molar-refractivity contribution in [3.8, 4) is 0 Å². The Morgan fingerprint density at radius 1 is 0.741 bits per heavy atom. The van der Waals surface area contributed by atoms with Crippen molar-refractivity contribution in [2.24, 2.45) is 0 Å². The number of hydrogen-bond acceptors (Lipinski definition) is 5. The van der Waals surface area contributed by atoms with Crippen LogP contribution in [0.15, 0.2) is 45.3 Å². The predicted molar refractivity (Wildman–Crippen MR) is 111 cm³/mol. The molecule has 2 rings (SSSR count). The molecule has 5 N–H and O–H groups in total. The van der Waals surface area contributed by atoms with E-state index in [9.17, 15) is 20.4 Å². The van der Waals surface area contributed by atoms with E-state index in [4.69, 9.17) is 5.11 Å². The molecule has 2 aromatic rings. The highest BCUT2D eigenvalue weighted by Crippen LogP contribution is 2.37. The minimum Gasteiger partial charge on any atom is -0.394 e. The molecule has 2 aromatic carbocycles. The summed E-state index contributed by atoms with van der Waals surface area (Å²) in [6.07, 6.45) is -6.31. The van der Waals surface area contributed by atoms with Crippen LogP contribution in [0.2, 0.25) is 0 Å². The molecule has 0 heterocycles. The Bertz CT molecular complexity index is 731. The monoisotopic (exact) mass is 502 g/mol. The SMILES string of the molecule is Cc1ccc(Br)cc1C(c1cc(Br)ccc1C)[C@@H](O)[C@H](O)[C@H](O)[C@H](O)CO. The number of benzene rings is 2. The van der Waals surface area contributed by atoms with E-state index in [2.05, 4.69) is 31.9 Å². The van der Waals surface area contributed by atoms with Crippen LogP contribution in [-0.2, 0) is 0 Å². The van der Waals surface area contributed by atoms with Crippen LogP contribution in [0.1, 0.15) is 28.2 Å². The van der Waals surface area contributed by atoms with Crippen LogP contribution >= 0.6 is 31.9 Å². The summed E-state index contributed by atoms with van der Waals surface area (Å²) in [6.45, 7) is 3.09. The second kappa shape index (κ2) is 9.60. The molecule has 148 valence electrons. The first-order chi connectivity index (χ1) is 12.7. The average Bonchev–Trinajstić information content (AvgIpc) is 2.65. The number of aliphatic hydroxyl groups is 5. The molecule has 0 aliphatic heterocycles. The smallest absolute Gasteiger partial charge is 0.111 e. The lowest BCUT2D eigenvalue weighted by molar-refractivity contribution is -0.117. The average molecular weight is 504 g/mol. The van der Waals surface area contributed by atoms with Crippen molar-refractivity contribution in [1.29, 1.82) is 0 Å². The minimum absolute atomic E-state index is 0.657. The van der Waals surface area contributed by atoms with Crippen molar-refractivity contribution >= 4 is 31.9 Å². The third kappa shape index (κ3) is 5.17. The Kier molecular flexibility index (Phi) is 8.00. The van der Waals surface area contributed by atoms with Crippen molar-refractivity contribution in [3.05, 3.63) is 67.6 Å². The highest BCUT2D eigenvalue weighted by molar-refractivity contribution is 9.10. The standard InChI is InChI=1S/C20H24Br2O5/c1-10-3-5-12(21)7-14(10)17(15-8-13(22)6-4-11(15)2)19(26)20(27)18(25)16(24)9-23/h3-8,16-20,23-27H,9H2,1-2H3/t16-,18-,19-,20-/m1/s1. The first-order valence-corrected chi connectivity index (χ1v) is 10.1. The normalized spacial score (nSPS) is 16.2. The molecule has 4 atom stereocenters. The summed E-state index contributed by atoms with van der Waals surface area (Å²) in [4.78, 5) is 0. The molecule has 27 heavy (non-hydrogen) atoms. The zero-order valence-corrected chi connectivity index (χ0v) is 18.2. The molecule has 0 spiro atoms. The maximum Gasteiger partial charge on any atom is 0.111 e. The van der Waals surface area contributed by atoms with E-state index in [-0.39, 0.29) is 0 Å². The van der Waals surface area contributed by atoms with Crippen LogP contribution in [0, 0.1) is 13.8 Å². The fraction of sp³-hybridized carbons (Fsp3) is 0.400. The van der Waals surface area contributed by atoms with E-state index >= 15 is 0 Å². The van der Waals surface area contributed by atoms with E-state index in [1.165, 1.54) is 0 Å². The first kappa shape index (κ1) is 22.5. The molecular weight excluding hydrogens is 480 g/mol. The summed E-state index contributed by atoms with van der Waals surface area (Å²) in [5.74, 6) is -0.657. The molecule has 0 aliphatic rings. The molecular formula is C20H24Br2O5. The fourth-order valence-corrected chi connectivity index (χ4v) is 3.92. The number of rotatable bonds is 7. The van der Waals surface area contributed by atoms with Crippen molar-refractivity contribution in [3.63, 3.8) is 0 Å². The lowest BCUT2D eigenvalue weighted by Crippen LogP contribution is -2.48. The van der Waals surface area contributed by atoms with Crippen LogP contribution in [0.5, 0.6) is 0 Å². The molecule has 0 aliphatic carbocycles. The van der Waals surface area contributed by atoms with Crippen molar-refractivity contribution in [1.82, 2.24) is 0 Å². The molecule has 0 unspecified atom stereocenters. The highest BCUT2D eigenvalue weighted by atomic mass is 79.9. The van der Waals surface area contributed by atoms with Crippen LogP contribution in [0.25, 0.3) is 0 Å². The maximum absolute atomic E-state index is 11.0. The minimum atomic E-state index is -1.69. The molecule has 0 radical (unpaired) electrons. The molecule has 0 amide bonds. The summed E-state index contributed by atoms with van der Waals surface area (Å²) in [6, 6.07) is 11.3. The first-order valence-electron chi connectivity index (χ1n) is 8.52. The summed E-state index contributed by atoms with van der Waals surface area (Å²) >= 11 is 6.89. The van der Waals surface area contributed by atoms with Gasteiger partial charge in [-0.05, 0) is 60.4 Å². The van der Waals surface area contributed by atoms with Gasteiger partial charge in [0.25, 0.3) is 0 Å². The molecule has 0 aromatic heterocycles. The highest BCUT2D eigenvalue weighted by Gasteiger charge is 2.37. The van der Waals surface area contributed by atoms with Gasteiger partial charge >= 0.3 is 0 Å². The van der Waals surface area contributed by atoms with Gasteiger partial charge in [0.1, 0.15) is 18.3 Å². The van der Waals surface area contributed by atoms with Gasteiger partial charge in [-0.15, -0.1) is 0 Å². The third-order valence-electron chi connectivity index (χ3n) is 4.78. The van der Waals surface area contributed by atoms with E-state index in [1.807, 2.05) is 50.2 Å². The zero-order chi connectivity index (χ0) is 20.3. The topological polar surface area (TPSA) is 101 Å². The van der Waals surface area contributed by atoms with E-state index in [0.29, 0.717) is 0 Å². The van der Waals surface area contributed by atoms with Gasteiger partial charge in [-0.3, -0.25) is 0 Å². The molecule has 0 fully saturated rings. The maximum atomic E-state index is 11.0. The van der Waals surface area contributed by atoms with E-state index in [1.54, 1.807) is 0 Å². The summed E-state index contributed by atoms with van der Waals surface area (Å²) in [7, 11) is 0. The molecule has 5 nitrogen and oxygen atoms in total. The summed E-state index contributed by atoms with van der Waals surface area (Å²) in [5.41, 5.74) is 3.38. The second-order valence-corrected chi connectivity index (χ2v) is 8.53. The quantitative estimate of drug-likeness (QED) is 0.399. The number of aliphatic hydroxyl groups excluding tert-OH is 5. The van der Waals surface area contributed by atoms with Crippen LogP contribution in [-0.4, -0.2) is 56.6 Å². The van der Waals surface area contributed by atoms with Gasteiger partial charge in [0.2, 0.25) is 0 Å². The van der Waals surface area contributed by atoms with Gasteiger partial charge in [0, 0.05) is 14.9 Å². The Morgan fingerprint density at radius 3 is 1.59 bits per heavy atom. The fourth-order valence-electron chi connectivity index (χ4n) is 3.16. The van der Waals surface area contributed by atoms with Gasteiger partial charge < -0.3 is 25.5 Å². The van der Waals surface area contributed by atoms with Gasteiger partial charge in [-0.1, -0.05) is 44.0 Å². The molecule has 0 bridgehead atoms. The molecule has 7 heteroatoms. The zero-order valence-electron chi connectivity index (χ0n) is 15.0. The van der Waals surface area contributed by atoms with Crippen molar-refractivity contribution in [2.45, 2.75) is 44.2 Å². The molecule has 0 saturated carbocycles. The van der Waals surface area contributed by atoms with E-state index in [0.717, 1.165) is 31.2 Å². The van der Waals surface area contributed by atoms with Crippen molar-refractivity contribution in [2.75, 3.05) is 6.61 Å². The number of halogens is 2. The van der Waals surface area contributed by atoms with Gasteiger partial charge in [0.15, 0.2) is 0 Å². The lowest BCUT2D eigenvalue weighted by atomic mass is 9.79. The largest absolute Gasteiger partial charge is 0.394 e. The Morgan fingerprint density at radius 2 is 1.19 bits per heavy atom. The third-order valence-corrected chi connectivity index (χ3v) is 5.76. The summed E-state index contributed by atoms with van der Waals surface area (Å²) < 4.78 is 1.64. The van der Waals surface area contributed by atoms with Crippen LogP contribution in [0.3, 0.4) is 0 Å². The van der Waals surface area contributed by atoms with Gasteiger partial charge in [0.05, 0.1) is 12.7 Å². The van der Waals surface area contributed by atoms with Crippen LogP contribution in [0.4, 0.5) is 0 Å². The van der Waals surface area contributed by atoms with Gasteiger partial charge in [-0.25, -0.2) is 0 Å². The number of aryl methyl sites for hydroxylation is 2. The van der Waals surface area contributed by atoms with Crippen molar-refractivity contribution < 1.29 is 25.5 Å². The predicted octanol–water partition coefficient (Wildman–Crippen LogP) is 2.40. The molecule has 0 saturated heterocycles. The van der Waals surface area contributed by atoms with Crippen LogP contribution < -0.4 is 0 Å². The number of hydrogen-bond donors (Lipinski definition) is 5. The Balaban J connectivity index is 2.59. The summed E-state index contributed by atoms with van der Waals surface area (Å²) in [5, 5.41) is 50.3. The second-order valence-electron chi connectivity index (χ2n) is 6.70. The van der Waals surface area contributed by atoms with E-state index < -0.39 is 36.9 Å². The lowest BCUT2D eigenvalue weighted by Gasteiger charge is -2.33. The Hall–Kier alpha value is -0.800. The van der Waals surface area contributed by atoms with Gasteiger partial charge in [-0.2, -0.15) is 0 Å².